The van der Waals surface area contributed by atoms with Gasteiger partial charge in [-0.2, -0.15) is 10.4 Å². The molecule has 1 aliphatic carbocycles. The number of carbonyl (C=O) groups is 1. The zero-order valence-corrected chi connectivity index (χ0v) is 24.4. The second-order valence-electron chi connectivity index (χ2n) is 11.9. The molecule has 0 radical (unpaired) electrons. The minimum atomic E-state index is 0.375. The van der Waals surface area contributed by atoms with Gasteiger partial charge in [0.25, 0.3) is 0 Å². The van der Waals surface area contributed by atoms with E-state index >= 15 is 0 Å². The van der Waals surface area contributed by atoms with Crippen molar-refractivity contribution in [3.8, 4) is 28.8 Å². The van der Waals surface area contributed by atoms with Crippen molar-refractivity contribution < 1.29 is 14.3 Å². The van der Waals surface area contributed by atoms with Crippen LogP contribution in [0.25, 0.3) is 16.6 Å². The van der Waals surface area contributed by atoms with Crippen molar-refractivity contribution in [3.63, 3.8) is 0 Å². The Hall–Kier alpha value is -4.49. The van der Waals surface area contributed by atoms with E-state index < -0.39 is 0 Å². The van der Waals surface area contributed by atoms with Gasteiger partial charge < -0.3 is 14.4 Å². The molecule has 4 fully saturated rings. The van der Waals surface area contributed by atoms with E-state index in [0.717, 1.165) is 61.4 Å². The maximum absolute atomic E-state index is 11.6. The summed E-state index contributed by atoms with van der Waals surface area (Å²) >= 11 is 0. The number of piperidine rings is 1. The Labute approximate surface area is 250 Å². The third-order valence-corrected chi connectivity index (χ3v) is 9.26. The van der Waals surface area contributed by atoms with Crippen LogP contribution in [0.15, 0.2) is 55.1 Å². The summed E-state index contributed by atoms with van der Waals surface area (Å²) in [7, 11) is 1.64. The van der Waals surface area contributed by atoms with Gasteiger partial charge in [0.1, 0.15) is 23.4 Å². The molecular weight excluding hydrogens is 542 g/mol. The van der Waals surface area contributed by atoms with Crippen LogP contribution in [0, 0.1) is 17.2 Å². The predicted molar refractivity (Wildman–Crippen MR) is 161 cm³/mol. The van der Waals surface area contributed by atoms with Crippen LogP contribution >= 0.6 is 0 Å². The summed E-state index contributed by atoms with van der Waals surface area (Å²) in [5.74, 6) is 3.21. The smallest absolute Gasteiger partial charge is 0.212 e. The van der Waals surface area contributed by atoms with Gasteiger partial charge in [0.15, 0.2) is 0 Å². The lowest BCUT2D eigenvalue weighted by Crippen LogP contribution is -2.68. The molecule has 1 saturated carbocycles. The zero-order valence-electron chi connectivity index (χ0n) is 24.4. The Bertz CT molecular complexity index is 1640. The van der Waals surface area contributed by atoms with Crippen molar-refractivity contribution in [2.24, 2.45) is 5.92 Å². The number of nitrogens with zero attached hydrogens (tertiary/aromatic N) is 7. The highest BCUT2D eigenvalue weighted by atomic mass is 16.5. The van der Waals surface area contributed by atoms with Gasteiger partial charge in [-0.1, -0.05) is 6.07 Å². The summed E-state index contributed by atoms with van der Waals surface area (Å²) in [4.78, 5) is 25.7. The maximum atomic E-state index is 11.6. The van der Waals surface area contributed by atoms with Crippen LogP contribution in [0.2, 0.25) is 0 Å². The van der Waals surface area contributed by atoms with E-state index in [1.54, 1.807) is 17.8 Å². The summed E-state index contributed by atoms with van der Waals surface area (Å²) in [5.41, 5.74) is 4.25. The Morgan fingerprint density at radius 3 is 2.58 bits per heavy atom. The molecule has 3 saturated heterocycles. The molecule has 3 aliphatic heterocycles. The molecule has 8 rings (SSSR count). The second kappa shape index (κ2) is 11.7. The van der Waals surface area contributed by atoms with E-state index in [4.69, 9.17) is 14.5 Å². The first-order valence-electron chi connectivity index (χ1n) is 15.1. The largest absolute Gasteiger partial charge is 0.492 e. The molecule has 2 atom stereocenters. The van der Waals surface area contributed by atoms with Crippen LogP contribution < -0.4 is 14.4 Å². The number of ketones is 1. The fourth-order valence-corrected chi connectivity index (χ4v) is 6.81. The highest BCUT2D eigenvalue weighted by Gasteiger charge is 2.44. The van der Waals surface area contributed by atoms with Crippen LogP contribution in [0.3, 0.4) is 0 Å². The highest BCUT2D eigenvalue weighted by Crippen LogP contribution is 2.37. The topological polar surface area (TPSA) is 109 Å². The molecule has 0 amide bonds. The molecule has 7 heterocycles. The lowest BCUT2D eigenvalue weighted by molar-refractivity contribution is -0.121. The van der Waals surface area contributed by atoms with Crippen LogP contribution in [-0.2, 0) is 11.3 Å². The van der Waals surface area contributed by atoms with Gasteiger partial charge >= 0.3 is 0 Å². The Morgan fingerprint density at radius 1 is 1.05 bits per heavy atom. The van der Waals surface area contributed by atoms with Gasteiger partial charge in [0.05, 0.1) is 37.2 Å². The van der Waals surface area contributed by atoms with Crippen molar-refractivity contribution in [1.82, 2.24) is 24.5 Å². The third-order valence-electron chi connectivity index (χ3n) is 9.26. The third kappa shape index (κ3) is 5.53. The first-order chi connectivity index (χ1) is 21.1. The minimum Gasteiger partial charge on any atom is -0.492 e. The number of nitriles is 1. The number of Topliss-reactive ketones (excluding diaryl/α,β-unsaturated/α-hetero) is 1. The van der Waals surface area contributed by atoms with E-state index in [2.05, 4.69) is 44.2 Å². The van der Waals surface area contributed by atoms with Gasteiger partial charge in [-0.25, -0.2) is 14.5 Å². The van der Waals surface area contributed by atoms with Crippen molar-refractivity contribution in [2.45, 2.75) is 57.2 Å². The molecule has 220 valence electrons. The zero-order chi connectivity index (χ0) is 29.3. The molecule has 0 spiro atoms. The van der Waals surface area contributed by atoms with Gasteiger partial charge in [0.2, 0.25) is 5.88 Å². The number of carbonyl (C=O) groups excluding carboxylic acids is 1. The Kier molecular flexibility index (Phi) is 7.41. The molecule has 0 aromatic carbocycles. The predicted octanol–water partition coefficient (Wildman–Crippen LogP) is 4.66. The van der Waals surface area contributed by atoms with Gasteiger partial charge in [-0.05, 0) is 55.4 Å². The maximum Gasteiger partial charge on any atom is 0.212 e. The fourth-order valence-electron chi connectivity index (χ4n) is 6.81. The molecule has 2 unspecified atom stereocenters. The van der Waals surface area contributed by atoms with Crippen LogP contribution in [-0.4, -0.2) is 69.2 Å². The standard InChI is InChI=1S/C33H35N7O3/c1-42-32-9-4-23(15-36-32)18-39-26-12-27(39)20-38(19-26)31-8-5-24(16-35-31)30-13-29(21-40-33(30)25(14-34)17-37-40)43-11-10-22-2-6-28(41)7-3-22/h4-5,8-9,13,15-17,21-22,26-27H,2-3,6-7,10-12,18-20H2,1H3. The van der Waals surface area contributed by atoms with Gasteiger partial charge in [0, 0.05) is 74.1 Å². The molecule has 4 aromatic heterocycles. The summed E-state index contributed by atoms with van der Waals surface area (Å²) in [5, 5.41) is 14.2. The molecule has 4 aromatic rings. The van der Waals surface area contributed by atoms with E-state index in [-0.39, 0.29) is 0 Å². The van der Waals surface area contributed by atoms with E-state index in [1.807, 2.05) is 30.7 Å². The molecule has 4 aliphatic rings. The number of hydrogen-bond donors (Lipinski definition) is 0. The Balaban J connectivity index is 1.04. The van der Waals surface area contributed by atoms with Gasteiger partial charge in [-0.3, -0.25) is 9.69 Å². The van der Waals surface area contributed by atoms with Crippen LogP contribution in [0.5, 0.6) is 11.6 Å². The van der Waals surface area contributed by atoms with Crippen LogP contribution in [0.1, 0.15) is 49.7 Å². The molecule has 10 nitrogen and oxygen atoms in total. The summed E-state index contributed by atoms with van der Waals surface area (Å²) < 4.78 is 13.1. The number of hydrogen-bond acceptors (Lipinski definition) is 9. The molecular formula is C33H35N7O3. The van der Waals surface area contributed by atoms with E-state index in [9.17, 15) is 10.1 Å². The summed E-state index contributed by atoms with van der Waals surface area (Å²) in [6.45, 7) is 3.36. The van der Waals surface area contributed by atoms with Crippen molar-refractivity contribution in [2.75, 3.05) is 31.7 Å². The number of pyridine rings is 3. The average Bonchev–Trinajstić information content (AvgIpc) is 3.48. The molecule has 2 bridgehead atoms. The van der Waals surface area contributed by atoms with E-state index in [0.29, 0.717) is 60.4 Å². The average molecular weight is 578 g/mol. The summed E-state index contributed by atoms with van der Waals surface area (Å²) in [6, 6.07) is 13.4. The first kappa shape index (κ1) is 27.3. The van der Waals surface area contributed by atoms with Crippen molar-refractivity contribution in [1.29, 1.82) is 5.26 Å². The van der Waals surface area contributed by atoms with Crippen molar-refractivity contribution in [3.05, 3.63) is 66.2 Å². The first-order valence-corrected chi connectivity index (χ1v) is 15.1. The molecule has 0 N–H and O–H groups in total. The number of anilines is 1. The lowest BCUT2D eigenvalue weighted by Gasteiger charge is -2.56. The number of rotatable bonds is 9. The van der Waals surface area contributed by atoms with E-state index in [1.165, 1.54) is 12.0 Å². The molecule has 43 heavy (non-hydrogen) atoms. The minimum absolute atomic E-state index is 0.375. The van der Waals surface area contributed by atoms with Gasteiger partial charge in [-0.15, -0.1) is 0 Å². The quantitative estimate of drug-likeness (QED) is 0.281. The number of piperazine rings is 1. The monoisotopic (exact) mass is 577 g/mol. The number of ether oxygens (including phenoxy) is 2. The van der Waals surface area contributed by atoms with Crippen LogP contribution in [0.4, 0.5) is 5.82 Å². The molecule has 10 heteroatoms. The summed E-state index contributed by atoms with van der Waals surface area (Å²) in [6.07, 6.45) is 12.6. The Morgan fingerprint density at radius 2 is 1.88 bits per heavy atom. The lowest BCUT2D eigenvalue weighted by atomic mass is 9.86. The second-order valence-corrected chi connectivity index (χ2v) is 11.9. The number of aromatic nitrogens is 4. The normalized spacial score (nSPS) is 20.6. The SMILES string of the molecule is COc1ccc(CN2C3CC2CN(c2ccc(-c4cc(OCCC5CCC(=O)CC5)cn5ncc(C#N)c45)cn2)C3)cn1. The fraction of sp³-hybridized carbons (Fsp3) is 0.424. The van der Waals surface area contributed by atoms with Crippen molar-refractivity contribution >= 4 is 17.1 Å². The number of fused-ring (bicyclic) bond motifs is 3. The highest BCUT2D eigenvalue weighted by molar-refractivity contribution is 5.85. The number of methoxy groups -OCH3 is 1.